The van der Waals surface area contributed by atoms with Gasteiger partial charge in [0, 0.05) is 16.1 Å². The minimum atomic E-state index is 0.446. The van der Waals surface area contributed by atoms with Gasteiger partial charge in [0.05, 0.1) is 19.9 Å². The Hall–Kier alpha value is -1.69. The highest BCUT2D eigenvalue weighted by Crippen LogP contribution is 2.38. The van der Waals surface area contributed by atoms with Crippen LogP contribution >= 0.6 is 15.9 Å². The van der Waals surface area contributed by atoms with Crippen molar-refractivity contribution in [1.82, 2.24) is 10.2 Å². The van der Waals surface area contributed by atoms with Crippen LogP contribution in [0.15, 0.2) is 22.7 Å². The normalized spacial score (nSPS) is 10.3. The summed E-state index contributed by atoms with van der Waals surface area (Å²) in [4.78, 5) is 0. The Kier molecular flexibility index (Phi) is 3.23. The van der Waals surface area contributed by atoms with Crippen LogP contribution in [0.3, 0.4) is 0 Å². The lowest BCUT2D eigenvalue weighted by Crippen LogP contribution is -1.92. The molecule has 2 aromatic rings. The molecule has 90 valence electrons. The lowest BCUT2D eigenvalue weighted by Gasteiger charge is -2.10. The average molecular weight is 298 g/mol. The average Bonchev–Trinajstić information content (AvgIpc) is 2.75. The lowest BCUT2D eigenvalue weighted by molar-refractivity contribution is 0.355. The van der Waals surface area contributed by atoms with Crippen LogP contribution in [0.2, 0.25) is 0 Å². The van der Waals surface area contributed by atoms with Crippen molar-refractivity contribution in [1.29, 1.82) is 0 Å². The fraction of sp³-hybridized carbons (Fsp3) is 0.182. The maximum Gasteiger partial charge on any atom is 0.161 e. The first-order valence-electron chi connectivity index (χ1n) is 4.88. The molecule has 0 radical (unpaired) electrons. The Balaban J connectivity index is 2.55. The van der Waals surface area contributed by atoms with E-state index in [1.807, 2.05) is 12.1 Å². The van der Waals surface area contributed by atoms with Crippen molar-refractivity contribution in [3.63, 3.8) is 0 Å². The van der Waals surface area contributed by atoms with Crippen LogP contribution in [0.1, 0.15) is 0 Å². The summed E-state index contributed by atoms with van der Waals surface area (Å²) in [6.45, 7) is 0. The molecule has 17 heavy (non-hydrogen) atoms. The number of nitrogens with two attached hydrogens (primary N) is 1. The van der Waals surface area contributed by atoms with Crippen molar-refractivity contribution >= 4 is 21.7 Å². The van der Waals surface area contributed by atoms with Gasteiger partial charge in [-0.3, -0.25) is 5.10 Å². The number of H-pyrrole nitrogens is 1. The van der Waals surface area contributed by atoms with Crippen molar-refractivity contribution in [2.45, 2.75) is 0 Å². The van der Waals surface area contributed by atoms with Gasteiger partial charge in [-0.05, 0) is 28.1 Å². The minimum Gasteiger partial charge on any atom is -0.493 e. The number of rotatable bonds is 3. The second-order valence-corrected chi connectivity index (χ2v) is 4.25. The molecule has 0 aliphatic carbocycles. The standard InChI is InChI=1S/C11H12BrN3O2/c1-16-9-3-6(7(12)4-10(9)17-2)8-5-11(13)15-14-8/h3-5H,1-2H3,(H3,13,14,15). The fourth-order valence-electron chi connectivity index (χ4n) is 1.54. The number of methoxy groups -OCH3 is 2. The third kappa shape index (κ3) is 2.21. The SMILES string of the molecule is COc1cc(Br)c(-c2cc(N)n[nH]2)cc1OC. The quantitative estimate of drug-likeness (QED) is 0.913. The first-order chi connectivity index (χ1) is 8.15. The van der Waals surface area contributed by atoms with E-state index < -0.39 is 0 Å². The van der Waals surface area contributed by atoms with E-state index in [1.54, 1.807) is 20.3 Å². The van der Waals surface area contributed by atoms with Crippen LogP contribution in [0.5, 0.6) is 11.5 Å². The maximum atomic E-state index is 5.58. The summed E-state index contributed by atoms with van der Waals surface area (Å²) in [6, 6.07) is 5.45. The molecule has 5 nitrogen and oxygen atoms in total. The molecular weight excluding hydrogens is 286 g/mol. The molecule has 6 heteroatoms. The first-order valence-corrected chi connectivity index (χ1v) is 5.67. The maximum absolute atomic E-state index is 5.58. The van der Waals surface area contributed by atoms with E-state index in [2.05, 4.69) is 26.1 Å². The molecule has 0 saturated carbocycles. The van der Waals surface area contributed by atoms with Crippen molar-refractivity contribution in [3.8, 4) is 22.8 Å². The molecule has 0 bridgehead atoms. The van der Waals surface area contributed by atoms with Gasteiger partial charge in [-0.1, -0.05) is 0 Å². The predicted octanol–water partition coefficient (Wildman–Crippen LogP) is 2.44. The summed E-state index contributed by atoms with van der Waals surface area (Å²) in [5, 5.41) is 6.74. The van der Waals surface area contributed by atoms with Crippen molar-refractivity contribution in [3.05, 3.63) is 22.7 Å². The summed E-state index contributed by atoms with van der Waals surface area (Å²) in [5.41, 5.74) is 7.30. The van der Waals surface area contributed by atoms with Crippen molar-refractivity contribution < 1.29 is 9.47 Å². The molecule has 0 spiro atoms. The number of nitrogens with zero attached hydrogens (tertiary/aromatic N) is 1. The molecule has 0 fully saturated rings. The Labute approximate surface area is 107 Å². The number of halogens is 1. The number of benzene rings is 1. The molecule has 1 heterocycles. The highest BCUT2D eigenvalue weighted by molar-refractivity contribution is 9.10. The van der Waals surface area contributed by atoms with E-state index in [1.165, 1.54) is 0 Å². The molecule has 3 N–H and O–H groups in total. The Morgan fingerprint density at radius 1 is 1.18 bits per heavy atom. The molecule has 0 aliphatic rings. The molecular formula is C11H12BrN3O2. The van der Waals surface area contributed by atoms with Crippen LogP contribution in [0, 0.1) is 0 Å². The molecule has 1 aromatic carbocycles. The molecule has 0 atom stereocenters. The van der Waals surface area contributed by atoms with Crippen LogP contribution in [0.4, 0.5) is 5.82 Å². The molecule has 1 aromatic heterocycles. The van der Waals surface area contributed by atoms with Gasteiger partial charge in [-0.15, -0.1) is 0 Å². The second kappa shape index (κ2) is 4.67. The molecule has 0 unspecified atom stereocenters. The Bertz CT molecular complexity index is 540. The van der Waals surface area contributed by atoms with E-state index >= 15 is 0 Å². The van der Waals surface area contributed by atoms with Gasteiger partial charge in [0.1, 0.15) is 5.82 Å². The minimum absolute atomic E-state index is 0.446. The van der Waals surface area contributed by atoms with Gasteiger partial charge >= 0.3 is 0 Å². The van der Waals surface area contributed by atoms with Crippen LogP contribution in [-0.2, 0) is 0 Å². The Morgan fingerprint density at radius 3 is 2.35 bits per heavy atom. The first kappa shape index (κ1) is 11.8. The number of hydrogen-bond acceptors (Lipinski definition) is 4. The second-order valence-electron chi connectivity index (χ2n) is 3.39. The number of anilines is 1. The van der Waals surface area contributed by atoms with Gasteiger partial charge in [0.25, 0.3) is 0 Å². The van der Waals surface area contributed by atoms with E-state index in [0.717, 1.165) is 15.7 Å². The summed E-state index contributed by atoms with van der Waals surface area (Å²) in [5.74, 6) is 1.76. The topological polar surface area (TPSA) is 73.2 Å². The Morgan fingerprint density at radius 2 is 1.82 bits per heavy atom. The van der Waals surface area contributed by atoms with E-state index in [0.29, 0.717) is 17.3 Å². The van der Waals surface area contributed by atoms with Crippen LogP contribution in [-0.4, -0.2) is 24.4 Å². The largest absolute Gasteiger partial charge is 0.493 e. The van der Waals surface area contributed by atoms with Gasteiger partial charge in [-0.25, -0.2) is 0 Å². The van der Waals surface area contributed by atoms with E-state index in [9.17, 15) is 0 Å². The number of ether oxygens (including phenoxy) is 2. The molecule has 2 rings (SSSR count). The summed E-state index contributed by atoms with van der Waals surface area (Å²) in [6.07, 6.45) is 0. The lowest BCUT2D eigenvalue weighted by atomic mass is 10.1. The molecule has 0 aliphatic heterocycles. The zero-order valence-corrected chi connectivity index (χ0v) is 11.0. The van der Waals surface area contributed by atoms with Crippen LogP contribution in [0.25, 0.3) is 11.3 Å². The highest BCUT2D eigenvalue weighted by atomic mass is 79.9. The van der Waals surface area contributed by atoms with Gasteiger partial charge in [0.15, 0.2) is 11.5 Å². The van der Waals surface area contributed by atoms with Crippen molar-refractivity contribution in [2.24, 2.45) is 0 Å². The number of nitrogen functional groups attached to an aromatic ring is 1. The number of aromatic amines is 1. The van der Waals surface area contributed by atoms with Gasteiger partial charge in [0.2, 0.25) is 0 Å². The number of hydrogen-bond donors (Lipinski definition) is 2. The summed E-state index contributed by atoms with van der Waals surface area (Å²) >= 11 is 3.47. The third-order valence-corrected chi connectivity index (χ3v) is 3.02. The zero-order valence-electron chi connectivity index (χ0n) is 9.45. The predicted molar refractivity (Wildman–Crippen MR) is 69.2 cm³/mol. The van der Waals surface area contributed by atoms with Gasteiger partial charge in [-0.2, -0.15) is 5.10 Å². The molecule has 0 saturated heterocycles. The fourth-order valence-corrected chi connectivity index (χ4v) is 2.07. The summed E-state index contributed by atoms with van der Waals surface area (Å²) in [7, 11) is 3.19. The highest BCUT2D eigenvalue weighted by Gasteiger charge is 2.12. The monoisotopic (exact) mass is 297 g/mol. The van der Waals surface area contributed by atoms with E-state index in [4.69, 9.17) is 15.2 Å². The summed E-state index contributed by atoms with van der Waals surface area (Å²) < 4.78 is 11.3. The smallest absolute Gasteiger partial charge is 0.161 e. The zero-order chi connectivity index (χ0) is 12.4. The third-order valence-electron chi connectivity index (χ3n) is 2.36. The van der Waals surface area contributed by atoms with Gasteiger partial charge < -0.3 is 15.2 Å². The molecule has 0 amide bonds. The van der Waals surface area contributed by atoms with Crippen molar-refractivity contribution in [2.75, 3.05) is 20.0 Å². The van der Waals surface area contributed by atoms with E-state index in [-0.39, 0.29) is 0 Å². The number of aromatic nitrogens is 2. The van der Waals surface area contributed by atoms with Crippen LogP contribution < -0.4 is 15.2 Å². The number of nitrogens with one attached hydrogen (secondary N) is 1.